The number of hydrogen-bond donors (Lipinski definition) is 1. The van der Waals surface area contributed by atoms with Crippen LogP contribution >= 0.6 is 11.6 Å². The number of rotatable bonds is 2. The zero-order chi connectivity index (χ0) is 14.1. The standard InChI is InChI=1S/C16H14ClN3/c17-15-7-11(9-18)1-2-13(15)10-20-6-5-12-3-4-14(19)8-16(12)20/h1-4,7-8H,5-6,10,19H2. The van der Waals surface area contributed by atoms with Gasteiger partial charge in [0.05, 0.1) is 11.6 Å². The molecule has 0 bridgehead atoms. The molecule has 1 aliphatic heterocycles. The highest BCUT2D eigenvalue weighted by molar-refractivity contribution is 6.31. The molecule has 0 amide bonds. The summed E-state index contributed by atoms with van der Waals surface area (Å²) in [4.78, 5) is 2.28. The number of nitriles is 1. The summed E-state index contributed by atoms with van der Waals surface area (Å²) in [6.07, 6.45) is 1.03. The molecule has 0 radical (unpaired) electrons. The van der Waals surface area contributed by atoms with Gasteiger partial charge >= 0.3 is 0 Å². The van der Waals surface area contributed by atoms with E-state index in [1.54, 1.807) is 12.1 Å². The molecule has 3 rings (SSSR count). The van der Waals surface area contributed by atoms with Crippen LogP contribution in [0.5, 0.6) is 0 Å². The van der Waals surface area contributed by atoms with E-state index in [-0.39, 0.29) is 0 Å². The van der Waals surface area contributed by atoms with Crippen molar-refractivity contribution in [2.75, 3.05) is 17.2 Å². The predicted molar refractivity (Wildman–Crippen MR) is 81.8 cm³/mol. The summed E-state index contributed by atoms with van der Waals surface area (Å²) >= 11 is 6.24. The third-order valence-corrected chi connectivity index (χ3v) is 4.00. The SMILES string of the molecule is N#Cc1ccc(CN2CCc3ccc(N)cc32)c(Cl)c1. The molecule has 20 heavy (non-hydrogen) atoms. The molecule has 0 fully saturated rings. The first-order chi connectivity index (χ1) is 9.67. The molecular weight excluding hydrogens is 270 g/mol. The Labute approximate surface area is 123 Å². The number of nitrogens with zero attached hydrogens (tertiary/aromatic N) is 2. The third-order valence-electron chi connectivity index (χ3n) is 3.64. The van der Waals surface area contributed by atoms with Crippen LogP contribution in [0.1, 0.15) is 16.7 Å². The van der Waals surface area contributed by atoms with Crippen LogP contribution in [0.15, 0.2) is 36.4 Å². The molecule has 0 aromatic heterocycles. The Morgan fingerprint density at radius 2 is 2.10 bits per heavy atom. The van der Waals surface area contributed by atoms with Crippen molar-refractivity contribution in [1.29, 1.82) is 5.26 Å². The van der Waals surface area contributed by atoms with E-state index < -0.39 is 0 Å². The fraction of sp³-hybridized carbons (Fsp3) is 0.188. The quantitative estimate of drug-likeness (QED) is 0.860. The van der Waals surface area contributed by atoms with Gasteiger partial charge in [-0.1, -0.05) is 23.7 Å². The lowest BCUT2D eigenvalue weighted by molar-refractivity contribution is 0.836. The Hall–Kier alpha value is -2.18. The van der Waals surface area contributed by atoms with Crippen molar-refractivity contribution in [2.24, 2.45) is 0 Å². The summed E-state index contributed by atoms with van der Waals surface area (Å²) < 4.78 is 0. The molecule has 1 aliphatic rings. The highest BCUT2D eigenvalue weighted by Crippen LogP contribution is 2.32. The third kappa shape index (κ3) is 2.31. The minimum absolute atomic E-state index is 0.588. The molecule has 4 heteroatoms. The highest BCUT2D eigenvalue weighted by atomic mass is 35.5. The van der Waals surface area contributed by atoms with Crippen LogP contribution in [0.25, 0.3) is 0 Å². The van der Waals surface area contributed by atoms with Crippen LogP contribution in [0.2, 0.25) is 5.02 Å². The van der Waals surface area contributed by atoms with E-state index in [1.807, 2.05) is 18.2 Å². The fourth-order valence-corrected chi connectivity index (χ4v) is 2.82. The smallest absolute Gasteiger partial charge is 0.0992 e. The molecule has 0 aliphatic carbocycles. The molecule has 0 spiro atoms. The van der Waals surface area contributed by atoms with E-state index in [4.69, 9.17) is 22.6 Å². The number of benzene rings is 2. The molecule has 1 heterocycles. The normalized spacial score (nSPS) is 13.1. The Kier molecular flexibility index (Phi) is 3.25. The first kappa shape index (κ1) is 12.8. The number of nitrogen functional groups attached to an aromatic ring is 1. The molecular formula is C16H14ClN3. The number of nitrogens with two attached hydrogens (primary N) is 1. The molecule has 0 atom stereocenters. The zero-order valence-electron chi connectivity index (χ0n) is 10.9. The largest absolute Gasteiger partial charge is 0.399 e. The maximum absolute atomic E-state index is 8.86. The minimum atomic E-state index is 0.588. The van der Waals surface area contributed by atoms with Crippen molar-refractivity contribution < 1.29 is 0 Å². The first-order valence-electron chi connectivity index (χ1n) is 6.49. The summed E-state index contributed by atoms with van der Waals surface area (Å²) in [5.41, 5.74) is 10.8. The summed E-state index contributed by atoms with van der Waals surface area (Å²) in [5.74, 6) is 0. The molecule has 0 saturated carbocycles. The minimum Gasteiger partial charge on any atom is -0.399 e. The van der Waals surface area contributed by atoms with Gasteiger partial charge < -0.3 is 10.6 Å². The maximum Gasteiger partial charge on any atom is 0.0992 e. The van der Waals surface area contributed by atoms with Gasteiger partial charge in [0.15, 0.2) is 0 Å². The number of halogens is 1. The van der Waals surface area contributed by atoms with Gasteiger partial charge in [0.25, 0.3) is 0 Å². The first-order valence-corrected chi connectivity index (χ1v) is 6.87. The van der Waals surface area contributed by atoms with E-state index in [9.17, 15) is 0 Å². The molecule has 100 valence electrons. The molecule has 2 N–H and O–H groups in total. The van der Waals surface area contributed by atoms with Gasteiger partial charge in [0.1, 0.15) is 0 Å². The topological polar surface area (TPSA) is 53.0 Å². The summed E-state index contributed by atoms with van der Waals surface area (Å²) in [5, 5.41) is 9.51. The van der Waals surface area contributed by atoms with E-state index in [0.717, 1.165) is 30.8 Å². The van der Waals surface area contributed by atoms with Gasteiger partial charge in [-0.05, 0) is 41.8 Å². The second kappa shape index (κ2) is 5.07. The van der Waals surface area contributed by atoms with E-state index in [2.05, 4.69) is 17.0 Å². The van der Waals surface area contributed by atoms with Gasteiger partial charge in [-0.3, -0.25) is 0 Å². The van der Waals surface area contributed by atoms with Crippen molar-refractivity contribution >= 4 is 23.0 Å². The summed E-state index contributed by atoms with van der Waals surface area (Å²) in [6, 6.07) is 13.6. The Balaban J connectivity index is 1.88. The highest BCUT2D eigenvalue weighted by Gasteiger charge is 2.20. The summed E-state index contributed by atoms with van der Waals surface area (Å²) in [7, 11) is 0. The number of hydrogen-bond acceptors (Lipinski definition) is 3. The lowest BCUT2D eigenvalue weighted by Gasteiger charge is -2.20. The van der Waals surface area contributed by atoms with Crippen molar-refractivity contribution in [2.45, 2.75) is 13.0 Å². The van der Waals surface area contributed by atoms with E-state index in [1.165, 1.54) is 11.3 Å². The van der Waals surface area contributed by atoms with Crippen LogP contribution in [0, 0.1) is 11.3 Å². The molecule has 0 unspecified atom stereocenters. The summed E-state index contributed by atoms with van der Waals surface area (Å²) in [6.45, 7) is 1.70. The Morgan fingerprint density at radius 1 is 1.25 bits per heavy atom. The Morgan fingerprint density at radius 3 is 2.85 bits per heavy atom. The van der Waals surface area contributed by atoms with Gasteiger partial charge in [-0.2, -0.15) is 5.26 Å². The van der Waals surface area contributed by atoms with Gasteiger partial charge in [0, 0.05) is 29.5 Å². The maximum atomic E-state index is 8.86. The molecule has 0 saturated heterocycles. The van der Waals surface area contributed by atoms with E-state index in [0.29, 0.717) is 10.6 Å². The lowest BCUT2D eigenvalue weighted by atomic mass is 10.1. The van der Waals surface area contributed by atoms with Crippen LogP contribution in [0.3, 0.4) is 0 Å². The van der Waals surface area contributed by atoms with Crippen molar-refractivity contribution in [3.05, 3.63) is 58.1 Å². The molecule has 3 nitrogen and oxygen atoms in total. The van der Waals surface area contributed by atoms with Crippen LogP contribution in [-0.4, -0.2) is 6.54 Å². The van der Waals surface area contributed by atoms with Crippen LogP contribution in [-0.2, 0) is 13.0 Å². The molecule has 2 aromatic rings. The van der Waals surface area contributed by atoms with Gasteiger partial charge in [-0.15, -0.1) is 0 Å². The van der Waals surface area contributed by atoms with Crippen molar-refractivity contribution in [3.63, 3.8) is 0 Å². The van der Waals surface area contributed by atoms with Gasteiger partial charge in [0.2, 0.25) is 0 Å². The fourth-order valence-electron chi connectivity index (χ4n) is 2.58. The number of anilines is 2. The monoisotopic (exact) mass is 283 g/mol. The Bertz CT molecular complexity index is 703. The van der Waals surface area contributed by atoms with Crippen molar-refractivity contribution in [3.8, 4) is 6.07 Å². The average Bonchev–Trinajstić information content (AvgIpc) is 2.83. The second-order valence-electron chi connectivity index (χ2n) is 4.98. The van der Waals surface area contributed by atoms with Crippen LogP contribution in [0.4, 0.5) is 11.4 Å². The molecule has 2 aromatic carbocycles. The van der Waals surface area contributed by atoms with Gasteiger partial charge in [-0.25, -0.2) is 0 Å². The zero-order valence-corrected chi connectivity index (χ0v) is 11.7. The number of fused-ring (bicyclic) bond motifs is 1. The predicted octanol–water partition coefficient (Wildman–Crippen LogP) is 3.36. The second-order valence-corrected chi connectivity index (χ2v) is 5.38. The average molecular weight is 284 g/mol. The van der Waals surface area contributed by atoms with E-state index >= 15 is 0 Å². The van der Waals surface area contributed by atoms with Crippen LogP contribution < -0.4 is 10.6 Å². The van der Waals surface area contributed by atoms with Crippen molar-refractivity contribution in [1.82, 2.24) is 0 Å². The lowest BCUT2D eigenvalue weighted by Crippen LogP contribution is -2.20.